The highest BCUT2D eigenvalue weighted by molar-refractivity contribution is 5.65. The summed E-state index contributed by atoms with van der Waals surface area (Å²) in [5.74, 6) is 1.08. The lowest BCUT2D eigenvalue weighted by atomic mass is 9.63. The number of aromatic nitrogens is 1. The molecule has 2 fully saturated rings. The molecule has 1 aliphatic carbocycles. The Hall–Kier alpha value is -2.37. The summed E-state index contributed by atoms with van der Waals surface area (Å²) in [6, 6.07) is 14.0. The molecule has 1 aromatic heterocycles. The molecular formula is C30H42N4O. The van der Waals surface area contributed by atoms with Gasteiger partial charge in [0.1, 0.15) is 11.9 Å². The van der Waals surface area contributed by atoms with Gasteiger partial charge in [-0.25, -0.2) is 4.98 Å². The van der Waals surface area contributed by atoms with E-state index in [-0.39, 0.29) is 16.9 Å². The van der Waals surface area contributed by atoms with Crippen LogP contribution in [0.15, 0.2) is 48.7 Å². The molecule has 3 heterocycles. The minimum Gasteiger partial charge on any atom is -0.384 e. The molecule has 5 heteroatoms. The van der Waals surface area contributed by atoms with Crippen molar-refractivity contribution in [2.45, 2.75) is 76.4 Å². The Labute approximate surface area is 211 Å². The van der Waals surface area contributed by atoms with Crippen molar-refractivity contribution in [2.75, 3.05) is 37.7 Å². The SMILES string of the molecule is C=C(NC1CCN(c2cccc(-c3ccc4c(c3)C(C)(C)CCC4(C)C)n2)CC1)C1CNCCO1. The number of nitrogens with zero attached hydrogens (tertiary/aromatic N) is 2. The van der Waals surface area contributed by atoms with Gasteiger partial charge in [0.15, 0.2) is 0 Å². The van der Waals surface area contributed by atoms with Gasteiger partial charge < -0.3 is 20.3 Å². The van der Waals surface area contributed by atoms with Crippen molar-refractivity contribution in [3.63, 3.8) is 0 Å². The molecular weight excluding hydrogens is 432 g/mol. The molecule has 0 bridgehead atoms. The van der Waals surface area contributed by atoms with E-state index in [2.05, 4.69) is 86.2 Å². The van der Waals surface area contributed by atoms with Crippen molar-refractivity contribution in [1.29, 1.82) is 0 Å². The molecule has 5 nitrogen and oxygen atoms in total. The number of piperidine rings is 1. The predicted octanol–water partition coefficient (Wildman–Crippen LogP) is 5.16. The standard InChI is InChI=1S/C30H42N4O/c1-21(27-20-31-15-18-35-27)32-23-11-16-34(17-12-23)28-8-6-7-26(33-28)22-9-10-24-25(19-22)30(4,5)14-13-29(24,2)3/h6-10,19,23,27,31-32H,1,11-18,20H2,2-5H3. The fourth-order valence-electron chi connectivity index (χ4n) is 5.91. The Kier molecular flexibility index (Phi) is 6.67. The van der Waals surface area contributed by atoms with Crippen LogP contribution in [0.5, 0.6) is 0 Å². The number of rotatable bonds is 5. The lowest BCUT2D eigenvalue weighted by Gasteiger charge is -2.42. The molecule has 1 aromatic carbocycles. The molecule has 0 amide bonds. The molecule has 1 atom stereocenters. The number of hydrogen-bond donors (Lipinski definition) is 2. The summed E-state index contributed by atoms with van der Waals surface area (Å²) >= 11 is 0. The Morgan fingerprint density at radius 2 is 1.80 bits per heavy atom. The third kappa shape index (κ3) is 5.12. The third-order valence-electron chi connectivity index (χ3n) is 8.41. The number of morpholine rings is 1. The minimum absolute atomic E-state index is 0.0762. The molecule has 3 aliphatic rings. The van der Waals surface area contributed by atoms with Gasteiger partial charge in [-0.1, -0.05) is 52.5 Å². The second-order valence-electron chi connectivity index (χ2n) is 11.9. The first-order valence-electron chi connectivity index (χ1n) is 13.4. The van der Waals surface area contributed by atoms with Crippen LogP contribution in [-0.2, 0) is 15.6 Å². The second kappa shape index (κ2) is 9.59. The van der Waals surface area contributed by atoms with Gasteiger partial charge in [-0.3, -0.25) is 0 Å². The Morgan fingerprint density at radius 3 is 2.51 bits per heavy atom. The number of nitrogens with one attached hydrogen (secondary N) is 2. The molecule has 5 rings (SSSR count). The summed E-state index contributed by atoms with van der Waals surface area (Å²) in [5.41, 5.74) is 6.74. The largest absolute Gasteiger partial charge is 0.384 e. The summed E-state index contributed by atoms with van der Waals surface area (Å²) in [4.78, 5) is 7.54. The summed E-state index contributed by atoms with van der Waals surface area (Å²) in [5, 5.41) is 7.02. The van der Waals surface area contributed by atoms with E-state index < -0.39 is 0 Å². The van der Waals surface area contributed by atoms with Gasteiger partial charge in [0.25, 0.3) is 0 Å². The summed E-state index contributed by atoms with van der Waals surface area (Å²) in [7, 11) is 0. The topological polar surface area (TPSA) is 49.4 Å². The highest BCUT2D eigenvalue weighted by Gasteiger charge is 2.37. The molecule has 188 valence electrons. The Bertz CT molecular complexity index is 1060. The molecule has 2 saturated heterocycles. The van der Waals surface area contributed by atoms with E-state index in [4.69, 9.17) is 9.72 Å². The van der Waals surface area contributed by atoms with Gasteiger partial charge in [-0.05, 0) is 65.8 Å². The molecule has 1 unspecified atom stereocenters. The normalized spacial score (nSPS) is 24.0. The molecule has 2 aliphatic heterocycles. The Balaban J connectivity index is 1.27. The fourth-order valence-corrected chi connectivity index (χ4v) is 5.91. The number of hydrogen-bond acceptors (Lipinski definition) is 5. The second-order valence-corrected chi connectivity index (χ2v) is 11.9. The van der Waals surface area contributed by atoms with Crippen LogP contribution in [0.25, 0.3) is 11.3 Å². The zero-order valence-corrected chi connectivity index (χ0v) is 22.0. The summed E-state index contributed by atoms with van der Waals surface area (Å²) in [6.07, 6.45) is 4.69. The molecule has 0 radical (unpaired) electrons. The third-order valence-corrected chi connectivity index (χ3v) is 8.41. The van der Waals surface area contributed by atoms with E-state index in [9.17, 15) is 0 Å². The van der Waals surface area contributed by atoms with Crippen LogP contribution in [0, 0.1) is 0 Å². The number of fused-ring (bicyclic) bond motifs is 1. The van der Waals surface area contributed by atoms with E-state index in [0.717, 1.165) is 62.8 Å². The first kappa shape index (κ1) is 24.3. The fraction of sp³-hybridized carbons (Fsp3) is 0.567. The van der Waals surface area contributed by atoms with E-state index >= 15 is 0 Å². The van der Waals surface area contributed by atoms with Crippen molar-refractivity contribution in [2.24, 2.45) is 0 Å². The van der Waals surface area contributed by atoms with Crippen LogP contribution in [-0.4, -0.2) is 49.9 Å². The lowest BCUT2D eigenvalue weighted by Crippen LogP contribution is -2.47. The average Bonchev–Trinajstić information content (AvgIpc) is 2.88. The zero-order chi connectivity index (χ0) is 24.6. The Morgan fingerprint density at radius 1 is 1.06 bits per heavy atom. The van der Waals surface area contributed by atoms with Gasteiger partial charge in [0.05, 0.1) is 12.3 Å². The van der Waals surface area contributed by atoms with Crippen LogP contribution in [0.2, 0.25) is 0 Å². The van der Waals surface area contributed by atoms with Crippen LogP contribution in [0.1, 0.15) is 64.5 Å². The molecule has 0 saturated carbocycles. The molecule has 2 N–H and O–H groups in total. The maximum Gasteiger partial charge on any atom is 0.129 e. The van der Waals surface area contributed by atoms with Crippen LogP contribution in [0.3, 0.4) is 0 Å². The lowest BCUT2D eigenvalue weighted by molar-refractivity contribution is 0.0466. The maximum absolute atomic E-state index is 5.84. The monoisotopic (exact) mass is 474 g/mol. The van der Waals surface area contributed by atoms with E-state index in [1.54, 1.807) is 0 Å². The minimum atomic E-state index is 0.0762. The highest BCUT2D eigenvalue weighted by atomic mass is 16.5. The quantitative estimate of drug-likeness (QED) is 0.627. The van der Waals surface area contributed by atoms with Gasteiger partial charge in [-0.2, -0.15) is 0 Å². The maximum atomic E-state index is 5.84. The van der Waals surface area contributed by atoms with Gasteiger partial charge in [-0.15, -0.1) is 0 Å². The number of anilines is 1. The average molecular weight is 475 g/mol. The van der Waals surface area contributed by atoms with Crippen molar-refractivity contribution < 1.29 is 4.74 Å². The molecule has 35 heavy (non-hydrogen) atoms. The molecule has 2 aromatic rings. The summed E-state index contributed by atoms with van der Waals surface area (Å²) < 4.78 is 5.84. The van der Waals surface area contributed by atoms with E-state index in [1.165, 1.54) is 29.5 Å². The number of pyridine rings is 1. The van der Waals surface area contributed by atoms with Crippen LogP contribution >= 0.6 is 0 Å². The van der Waals surface area contributed by atoms with Crippen molar-refractivity contribution in [1.82, 2.24) is 15.6 Å². The first-order valence-corrected chi connectivity index (χ1v) is 13.4. The number of ether oxygens (including phenoxy) is 1. The van der Waals surface area contributed by atoms with Crippen LogP contribution in [0.4, 0.5) is 5.82 Å². The van der Waals surface area contributed by atoms with Crippen molar-refractivity contribution in [3.05, 3.63) is 59.8 Å². The van der Waals surface area contributed by atoms with Crippen molar-refractivity contribution in [3.8, 4) is 11.3 Å². The van der Waals surface area contributed by atoms with E-state index in [1.807, 2.05) is 0 Å². The van der Waals surface area contributed by atoms with E-state index in [0.29, 0.717) is 6.04 Å². The van der Waals surface area contributed by atoms with Gasteiger partial charge in [0, 0.05) is 43.5 Å². The molecule has 0 spiro atoms. The van der Waals surface area contributed by atoms with Gasteiger partial charge in [0.2, 0.25) is 0 Å². The highest BCUT2D eigenvalue weighted by Crippen LogP contribution is 2.46. The summed E-state index contributed by atoms with van der Waals surface area (Å²) in [6.45, 7) is 18.3. The first-order chi connectivity index (χ1) is 16.7. The van der Waals surface area contributed by atoms with Crippen molar-refractivity contribution >= 4 is 5.82 Å². The predicted molar refractivity (Wildman–Crippen MR) is 145 cm³/mol. The van der Waals surface area contributed by atoms with Crippen LogP contribution < -0.4 is 15.5 Å². The number of benzene rings is 1. The zero-order valence-electron chi connectivity index (χ0n) is 22.0. The van der Waals surface area contributed by atoms with Gasteiger partial charge >= 0.3 is 0 Å². The smallest absolute Gasteiger partial charge is 0.129 e.